The van der Waals surface area contributed by atoms with Gasteiger partial charge in [0.2, 0.25) is 11.1 Å². The number of hydrogen-bond acceptors (Lipinski definition) is 7. The van der Waals surface area contributed by atoms with Gasteiger partial charge in [-0.05, 0) is 24.3 Å². The number of amides is 1. The molecule has 9 heteroatoms. The van der Waals surface area contributed by atoms with Gasteiger partial charge in [-0.2, -0.15) is 0 Å². The van der Waals surface area contributed by atoms with Crippen LogP contribution >= 0.6 is 11.8 Å². The number of rotatable bonds is 8. The van der Waals surface area contributed by atoms with Crippen LogP contribution in [0.15, 0.2) is 46.2 Å². The molecule has 27 heavy (non-hydrogen) atoms. The third kappa shape index (κ3) is 5.38. The number of anilines is 1. The van der Waals surface area contributed by atoms with E-state index in [2.05, 4.69) is 20.5 Å². The fraction of sp³-hybridized carbons (Fsp3) is 0.167. The second-order valence-electron chi connectivity index (χ2n) is 5.29. The molecule has 0 spiro atoms. The summed E-state index contributed by atoms with van der Waals surface area (Å²) in [5, 5.41) is 10.2. The Kier molecular flexibility index (Phi) is 6.16. The highest BCUT2D eigenvalue weighted by Gasteiger charge is 2.09. The Balaban J connectivity index is 1.54. The van der Waals surface area contributed by atoms with Crippen LogP contribution in [0.4, 0.5) is 5.69 Å². The molecule has 0 unspecified atom stereocenters. The first-order valence-electron chi connectivity index (χ1n) is 7.96. The van der Waals surface area contributed by atoms with Gasteiger partial charge in [-0.25, -0.2) is 4.98 Å². The van der Waals surface area contributed by atoms with E-state index in [9.17, 15) is 4.79 Å². The highest BCUT2D eigenvalue weighted by molar-refractivity contribution is 7.99. The van der Waals surface area contributed by atoms with E-state index in [1.54, 1.807) is 56.9 Å². The van der Waals surface area contributed by atoms with E-state index in [1.807, 2.05) is 6.07 Å². The lowest BCUT2D eigenvalue weighted by Crippen LogP contribution is -2.14. The summed E-state index contributed by atoms with van der Waals surface area (Å²) in [5.41, 5.74) is 0.592. The van der Waals surface area contributed by atoms with Gasteiger partial charge in [0.05, 0.1) is 26.2 Å². The molecule has 140 valence electrons. The van der Waals surface area contributed by atoms with Crippen LogP contribution in [0.2, 0.25) is 0 Å². The molecule has 0 saturated carbocycles. The Labute approximate surface area is 160 Å². The molecule has 0 bridgehead atoms. The molecule has 8 nitrogen and oxygen atoms in total. The lowest BCUT2D eigenvalue weighted by Gasteiger charge is -2.09. The van der Waals surface area contributed by atoms with Crippen LogP contribution in [0.25, 0.3) is 12.2 Å². The molecule has 3 aromatic rings. The van der Waals surface area contributed by atoms with Gasteiger partial charge in [0.25, 0.3) is 0 Å². The molecule has 2 heterocycles. The van der Waals surface area contributed by atoms with Gasteiger partial charge in [-0.15, -0.1) is 5.10 Å². The molecule has 0 aliphatic rings. The van der Waals surface area contributed by atoms with Gasteiger partial charge < -0.3 is 19.2 Å². The summed E-state index contributed by atoms with van der Waals surface area (Å²) in [6.07, 6.45) is 5.12. The highest BCUT2D eigenvalue weighted by atomic mass is 32.2. The van der Waals surface area contributed by atoms with Crippen molar-refractivity contribution in [3.63, 3.8) is 0 Å². The maximum Gasteiger partial charge on any atom is 0.234 e. The average Bonchev–Trinajstić information content (AvgIpc) is 3.36. The fourth-order valence-electron chi connectivity index (χ4n) is 2.15. The van der Waals surface area contributed by atoms with Crippen LogP contribution < -0.4 is 14.8 Å². The minimum atomic E-state index is -0.187. The summed E-state index contributed by atoms with van der Waals surface area (Å²) in [5.74, 6) is 2.46. The quantitative estimate of drug-likeness (QED) is 0.573. The van der Waals surface area contributed by atoms with Gasteiger partial charge in [0, 0.05) is 23.9 Å². The summed E-state index contributed by atoms with van der Waals surface area (Å²) in [6, 6.07) is 8.80. The SMILES string of the molecule is COc1cc(NC(=O)CSc2n[nH]c(/C=C/c3ccco3)n2)cc(OC)c1. The smallest absolute Gasteiger partial charge is 0.234 e. The van der Waals surface area contributed by atoms with E-state index >= 15 is 0 Å². The number of hydrogen-bond donors (Lipinski definition) is 2. The maximum atomic E-state index is 12.2. The zero-order chi connectivity index (χ0) is 19.1. The summed E-state index contributed by atoms with van der Waals surface area (Å²) >= 11 is 1.23. The number of methoxy groups -OCH3 is 2. The predicted octanol–water partition coefficient (Wildman–Crippen LogP) is 3.32. The normalized spacial score (nSPS) is 10.9. The molecule has 0 aliphatic carbocycles. The minimum Gasteiger partial charge on any atom is -0.497 e. The van der Waals surface area contributed by atoms with E-state index in [-0.39, 0.29) is 11.7 Å². The number of carbonyl (C=O) groups is 1. The molecule has 2 N–H and O–H groups in total. The molecule has 3 rings (SSSR count). The molecule has 0 saturated heterocycles. The van der Waals surface area contributed by atoms with Gasteiger partial charge in [-0.3, -0.25) is 9.89 Å². The van der Waals surface area contributed by atoms with Crippen molar-refractivity contribution in [2.24, 2.45) is 0 Å². The number of nitrogens with zero attached hydrogens (tertiary/aromatic N) is 2. The van der Waals surface area contributed by atoms with Crippen molar-refractivity contribution < 1.29 is 18.7 Å². The lowest BCUT2D eigenvalue weighted by molar-refractivity contribution is -0.113. The third-order valence-corrected chi connectivity index (χ3v) is 4.25. The molecule has 0 aliphatic heterocycles. The third-order valence-electron chi connectivity index (χ3n) is 3.40. The van der Waals surface area contributed by atoms with E-state index in [0.717, 1.165) is 0 Å². The number of thioether (sulfide) groups is 1. The molecular weight excluding hydrogens is 368 g/mol. The van der Waals surface area contributed by atoms with Crippen molar-refractivity contribution in [1.82, 2.24) is 15.2 Å². The zero-order valence-corrected chi connectivity index (χ0v) is 15.6. The Morgan fingerprint density at radius 1 is 1.26 bits per heavy atom. The van der Waals surface area contributed by atoms with Crippen molar-refractivity contribution in [2.45, 2.75) is 5.16 Å². The number of aromatic amines is 1. The van der Waals surface area contributed by atoms with E-state index < -0.39 is 0 Å². The molecule has 0 radical (unpaired) electrons. The van der Waals surface area contributed by atoms with Crippen LogP contribution in [0.1, 0.15) is 11.6 Å². The number of nitrogens with one attached hydrogen (secondary N) is 2. The van der Waals surface area contributed by atoms with Gasteiger partial charge in [0.1, 0.15) is 23.1 Å². The summed E-state index contributed by atoms with van der Waals surface area (Å²) < 4.78 is 15.6. The Bertz CT molecular complexity index is 899. The second kappa shape index (κ2) is 8.95. The Morgan fingerprint density at radius 2 is 2.04 bits per heavy atom. The molecular formula is C18H18N4O4S. The summed E-state index contributed by atoms with van der Waals surface area (Å²) in [6.45, 7) is 0. The fourth-order valence-corrected chi connectivity index (χ4v) is 2.76. The first-order valence-corrected chi connectivity index (χ1v) is 8.94. The monoisotopic (exact) mass is 386 g/mol. The van der Waals surface area contributed by atoms with E-state index in [0.29, 0.717) is 33.9 Å². The zero-order valence-electron chi connectivity index (χ0n) is 14.8. The molecule has 0 fully saturated rings. The topological polar surface area (TPSA) is 102 Å². The van der Waals surface area contributed by atoms with Crippen molar-refractivity contribution in [3.8, 4) is 11.5 Å². The van der Waals surface area contributed by atoms with Gasteiger partial charge >= 0.3 is 0 Å². The molecule has 1 amide bonds. The number of ether oxygens (including phenoxy) is 2. The maximum absolute atomic E-state index is 12.2. The standard InChI is InChI=1S/C18H18N4O4S/c1-24-14-8-12(9-15(10-14)25-2)19-17(23)11-27-18-20-16(21-22-18)6-5-13-4-3-7-26-13/h3-10H,11H2,1-2H3,(H,19,23)(H,20,21,22)/b6-5+. The van der Waals surface area contributed by atoms with Crippen LogP contribution in [-0.2, 0) is 4.79 Å². The first-order chi connectivity index (χ1) is 13.2. The van der Waals surface area contributed by atoms with Crippen molar-refractivity contribution in [3.05, 3.63) is 48.2 Å². The minimum absolute atomic E-state index is 0.165. The Morgan fingerprint density at radius 3 is 2.70 bits per heavy atom. The molecule has 0 atom stereocenters. The van der Waals surface area contributed by atoms with Gasteiger partial charge in [0.15, 0.2) is 0 Å². The summed E-state index contributed by atoms with van der Waals surface area (Å²) in [7, 11) is 3.11. The largest absolute Gasteiger partial charge is 0.497 e. The Hall–Kier alpha value is -3.20. The molecule has 2 aromatic heterocycles. The van der Waals surface area contributed by atoms with Crippen LogP contribution in [0, 0.1) is 0 Å². The van der Waals surface area contributed by atoms with Crippen LogP contribution in [0.3, 0.4) is 0 Å². The summed E-state index contributed by atoms with van der Waals surface area (Å²) in [4.78, 5) is 16.5. The van der Waals surface area contributed by atoms with Crippen molar-refractivity contribution in [1.29, 1.82) is 0 Å². The number of benzene rings is 1. The average molecular weight is 386 g/mol. The lowest BCUT2D eigenvalue weighted by atomic mass is 10.2. The number of aromatic nitrogens is 3. The van der Waals surface area contributed by atoms with Crippen molar-refractivity contribution in [2.75, 3.05) is 25.3 Å². The first kappa shape index (κ1) is 18.6. The second-order valence-corrected chi connectivity index (χ2v) is 6.23. The van der Waals surface area contributed by atoms with Crippen LogP contribution in [-0.4, -0.2) is 41.1 Å². The molecule has 1 aromatic carbocycles. The number of H-pyrrole nitrogens is 1. The number of carbonyl (C=O) groups excluding carboxylic acids is 1. The van der Waals surface area contributed by atoms with E-state index in [4.69, 9.17) is 13.9 Å². The van der Waals surface area contributed by atoms with E-state index in [1.165, 1.54) is 11.8 Å². The van der Waals surface area contributed by atoms with Crippen LogP contribution in [0.5, 0.6) is 11.5 Å². The highest BCUT2D eigenvalue weighted by Crippen LogP contribution is 2.26. The predicted molar refractivity (Wildman–Crippen MR) is 103 cm³/mol. The van der Waals surface area contributed by atoms with Gasteiger partial charge in [-0.1, -0.05) is 11.8 Å². The van der Waals surface area contributed by atoms with Crippen molar-refractivity contribution >= 4 is 35.5 Å². The number of furan rings is 1.